The molecule has 0 saturated heterocycles. The van der Waals surface area contributed by atoms with Gasteiger partial charge in [0.05, 0.1) is 18.7 Å². The highest BCUT2D eigenvalue weighted by molar-refractivity contribution is 5.93. The van der Waals surface area contributed by atoms with Crippen LogP contribution in [-0.2, 0) is 0 Å². The summed E-state index contributed by atoms with van der Waals surface area (Å²) in [7, 11) is 5.29. The van der Waals surface area contributed by atoms with E-state index in [0.717, 1.165) is 5.56 Å². The monoisotopic (exact) mass is 317 g/mol. The number of nitrogens with zero attached hydrogens (tertiary/aromatic N) is 2. The van der Waals surface area contributed by atoms with Gasteiger partial charge in [-0.05, 0) is 37.9 Å². The molecule has 1 atom stereocenters. The summed E-state index contributed by atoms with van der Waals surface area (Å²) in [5, 5.41) is 2.85. The van der Waals surface area contributed by atoms with Crippen molar-refractivity contribution in [3.05, 3.63) is 59.5 Å². The smallest absolute Gasteiger partial charge is 0.252 e. The number of halogens is 1. The van der Waals surface area contributed by atoms with Crippen LogP contribution >= 0.6 is 0 Å². The molecule has 1 heterocycles. The number of carbonyl (C=O) groups excluding carboxylic acids is 1. The molecular formula is C17H20FN3O2. The second-order valence-corrected chi connectivity index (χ2v) is 5.33. The standard InChI is InChI=1S/C17H20FN3O2/c1-21(2)15(12-5-4-6-14(18)9-12)11-20-17(22)13-7-8-16(23-3)19-10-13/h4-10,15H,11H2,1-3H3,(H,20,22). The fraction of sp³-hybridized carbons (Fsp3) is 0.294. The number of hydrogen-bond donors (Lipinski definition) is 1. The van der Waals surface area contributed by atoms with Crippen LogP contribution in [0.4, 0.5) is 4.39 Å². The zero-order chi connectivity index (χ0) is 16.8. The molecule has 2 rings (SSSR count). The molecule has 6 heteroatoms. The predicted octanol–water partition coefficient (Wildman–Crippen LogP) is 2.26. The zero-order valence-electron chi connectivity index (χ0n) is 13.4. The van der Waals surface area contributed by atoms with E-state index in [-0.39, 0.29) is 17.8 Å². The topological polar surface area (TPSA) is 54.5 Å². The van der Waals surface area contributed by atoms with Crippen LogP contribution in [0.5, 0.6) is 5.88 Å². The first-order valence-corrected chi connectivity index (χ1v) is 7.21. The van der Waals surface area contributed by atoms with Crippen molar-refractivity contribution in [1.29, 1.82) is 0 Å². The van der Waals surface area contributed by atoms with E-state index >= 15 is 0 Å². The molecule has 0 aliphatic heterocycles. The highest BCUT2D eigenvalue weighted by atomic mass is 19.1. The second-order valence-electron chi connectivity index (χ2n) is 5.33. The summed E-state index contributed by atoms with van der Waals surface area (Å²) >= 11 is 0. The van der Waals surface area contributed by atoms with Crippen LogP contribution in [0.15, 0.2) is 42.6 Å². The molecule has 0 aliphatic carbocycles. The van der Waals surface area contributed by atoms with E-state index in [1.807, 2.05) is 25.1 Å². The largest absolute Gasteiger partial charge is 0.481 e. The molecule has 0 spiro atoms. The van der Waals surface area contributed by atoms with Crippen molar-refractivity contribution >= 4 is 5.91 Å². The third-order valence-corrected chi connectivity index (χ3v) is 3.52. The molecular weight excluding hydrogens is 297 g/mol. The number of nitrogens with one attached hydrogen (secondary N) is 1. The van der Waals surface area contributed by atoms with E-state index in [9.17, 15) is 9.18 Å². The van der Waals surface area contributed by atoms with Gasteiger partial charge in [-0.2, -0.15) is 0 Å². The number of aromatic nitrogens is 1. The van der Waals surface area contributed by atoms with Gasteiger partial charge in [-0.3, -0.25) is 4.79 Å². The fourth-order valence-electron chi connectivity index (χ4n) is 2.24. The van der Waals surface area contributed by atoms with Crippen LogP contribution in [0.25, 0.3) is 0 Å². The molecule has 0 bridgehead atoms. The number of amides is 1. The lowest BCUT2D eigenvalue weighted by Gasteiger charge is -2.25. The van der Waals surface area contributed by atoms with Crippen molar-refractivity contribution in [3.8, 4) is 5.88 Å². The van der Waals surface area contributed by atoms with Crippen molar-refractivity contribution in [3.63, 3.8) is 0 Å². The SMILES string of the molecule is COc1ccc(C(=O)NCC(c2cccc(F)c2)N(C)C)cn1. The lowest BCUT2D eigenvalue weighted by atomic mass is 10.1. The van der Waals surface area contributed by atoms with Gasteiger partial charge in [-0.25, -0.2) is 9.37 Å². The minimum Gasteiger partial charge on any atom is -0.481 e. The number of pyridine rings is 1. The normalized spacial score (nSPS) is 12.0. The van der Waals surface area contributed by atoms with Crippen LogP contribution in [0, 0.1) is 5.82 Å². The molecule has 1 N–H and O–H groups in total. The number of methoxy groups -OCH3 is 1. The Balaban J connectivity index is 2.04. The summed E-state index contributed by atoms with van der Waals surface area (Å²) in [6.45, 7) is 0.362. The van der Waals surface area contributed by atoms with Gasteiger partial charge >= 0.3 is 0 Å². The van der Waals surface area contributed by atoms with Gasteiger partial charge < -0.3 is 15.0 Å². The maximum Gasteiger partial charge on any atom is 0.252 e. The minimum absolute atomic E-state index is 0.124. The van der Waals surface area contributed by atoms with E-state index in [1.54, 1.807) is 18.2 Å². The summed E-state index contributed by atoms with van der Waals surface area (Å²) in [6, 6.07) is 9.54. The van der Waals surface area contributed by atoms with E-state index in [1.165, 1.54) is 25.4 Å². The molecule has 0 radical (unpaired) electrons. The Bertz CT molecular complexity index is 659. The Labute approximate surface area is 135 Å². The molecule has 1 unspecified atom stereocenters. The van der Waals surface area contributed by atoms with Gasteiger partial charge in [-0.15, -0.1) is 0 Å². The number of carbonyl (C=O) groups is 1. The van der Waals surface area contributed by atoms with Crippen LogP contribution in [0.3, 0.4) is 0 Å². The lowest BCUT2D eigenvalue weighted by Crippen LogP contribution is -2.34. The van der Waals surface area contributed by atoms with Crippen molar-refractivity contribution in [1.82, 2.24) is 15.2 Å². The van der Waals surface area contributed by atoms with Crippen LogP contribution < -0.4 is 10.1 Å². The highest BCUT2D eigenvalue weighted by Crippen LogP contribution is 2.18. The van der Waals surface area contributed by atoms with Crippen molar-refractivity contribution in [2.24, 2.45) is 0 Å². The summed E-state index contributed by atoms with van der Waals surface area (Å²) in [5.74, 6) is -0.0732. The van der Waals surface area contributed by atoms with Crippen molar-refractivity contribution in [2.45, 2.75) is 6.04 Å². The number of ether oxygens (including phenoxy) is 1. The first-order valence-electron chi connectivity index (χ1n) is 7.21. The van der Waals surface area contributed by atoms with Gasteiger partial charge in [0.25, 0.3) is 5.91 Å². The fourth-order valence-corrected chi connectivity index (χ4v) is 2.24. The number of likely N-dealkylation sites (N-methyl/N-ethyl adjacent to an activating group) is 1. The summed E-state index contributed by atoms with van der Waals surface area (Å²) in [5.41, 5.74) is 1.26. The highest BCUT2D eigenvalue weighted by Gasteiger charge is 2.16. The molecule has 1 aromatic heterocycles. The minimum atomic E-state index is -0.292. The van der Waals surface area contributed by atoms with Crippen LogP contribution in [0.1, 0.15) is 22.0 Å². The molecule has 122 valence electrons. The lowest BCUT2D eigenvalue weighted by molar-refractivity contribution is 0.0941. The average Bonchev–Trinajstić information content (AvgIpc) is 2.54. The van der Waals surface area contributed by atoms with E-state index in [0.29, 0.717) is 18.0 Å². The van der Waals surface area contributed by atoms with Crippen molar-refractivity contribution < 1.29 is 13.9 Å². The summed E-state index contributed by atoms with van der Waals surface area (Å²) < 4.78 is 18.4. The Morgan fingerprint density at radius 1 is 1.35 bits per heavy atom. The molecule has 23 heavy (non-hydrogen) atoms. The molecule has 0 aliphatic rings. The Hall–Kier alpha value is -2.47. The van der Waals surface area contributed by atoms with E-state index in [4.69, 9.17) is 4.74 Å². The average molecular weight is 317 g/mol. The third kappa shape index (κ3) is 4.50. The van der Waals surface area contributed by atoms with Gasteiger partial charge in [0, 0.05) is 18.8 Å². The Morgan fingerprint density at radius 2 is 2.13 bits per heavy atom. The number of hydrogen-bond acceptors (Lipinski definition) is 4. The molecule has 1 amide bonds. The van der Waals surface area contributed by atoms with E-state index < -0.39 is 0 Å². The van der Waals surface area contributed by atoms with Crippen LogP contribution in [0.2, 0.25) is 0 Å². The van der Waals surface area contributed by atoms with Gasteiger partial charge in [0.15, 0.2) is 0 Å². The quantitative estimate of drug-likeness (QED) is 0.888. The molecule has 2 aromatic rings. The first-order chi connectivity index (χ1) is 11.0. The molecule has 1 aromatic carbocycles. The van der Waals surface area contributed by atoms with E-state index in [2.05, 4.69) is 10.3 Å². The van der Waals surface area contributed by atoms with Crippen LogP contribution in [-0.4, -0.2) is 43.5 Å². The molecule has 0 fully saturated rings. The predicted molar refractivity (Wildman–Crippen MR) is 86.0 cm³/mol. The molecule has 5 nitrogen and oxygen atoms in total. The van der Waals surface area contributed by atoms with Gasteiger partial charge in [0.2, 0.25) is 5.88 Å². The second kappa shape index (κ2) is 7.69. The Kier molecular flexibility index (Phi) is 5.65. The first kappa shape index (κ1) is 16.9. The van der Waals surface area contributed by atoms with Gasteiger partial charge in [0.1, 0.15) is 5.82 Å². The maximum atomic E-state index is 13.4. The number of benzene rings is 1. The number of rotatable bonds is 6. The maximum absolute atomic E-state index is 13.4. The van der Waals surface area contributed by atoms with Crippen molar-refractivity contribution in [2.75, 3.05) is 27.7 Å². The zero-order valence-corrected chi connectivity index (χ0v) is 13.4. The Morgan fingerprint density at radius 3 is 2.70 bits per heavy atom. The third-order valence-electron chi connectivity index (χ3n) is 3.52. The molecule has 0 saturated carbocycles. The van der Waals surface area contributed by atoms with Gasteiger partial charge in [-0.1, -0.05) is 12.1 Å². The summed E-state index contributed by atoms with van der Waals surface area (Å²) in [4.78, 5) is 18.1. The summed E-state index contributed by atoms with van der Waals surface area (Å²) in [6.07, 6.45) is 1.46.